The van der Waals surface area contributed by atoms with Gasteiger partial charge in [0.25, 0.3) is 5.91 Å². The van der Waals surface area contributed by atoms with E-state index in [1.54, 1.807) is 13.2 Å². The van der Waals surface area contributed by atoms with Crippen LogP contribution in [0.2, 0.25) is 0 Å². The molecule has 0 radical (unpaired) electrons. The Labute approximate surface area is 156 Å². The average Bonchev–Trinajstić information content (AvgIpc) is 3.41. The summed E-state index contributed by atoms with van der Waals surface area (Å²) in [6.45, 7) is 4.46. The Bertz CT molecular complexity index is 939. The summed E-state index contributed by atoms with van der Waals surface area (Å²) in [7, 11) is 1.62. The van der Waals surface area contributed by atoms with Gasteiger partial charge in [0.15, 0.2) is 0 Å². The Morgan fingerprint density at radius 2 is 1.96 bits per heavy atom. The second-order valence-corrected chi connectivity index (χ2v) is 6.70. The van der Waals surface area contributed by atoms with Crippen LogP contribution in [-0.2, 0) is 0 Å². The van der Waals surface area contributed by atoms with E-state index in [1.165, 1.54) is 0 Å². The van der Waals surface area contributed by atoms with Gasteiger partial charge in [-0.3, -0.25) is 4.79 Å². The Kier molecular flexibility index (Phi) is 4.43. The van der Waals surface area contributed by atoms with E-state index in [9.17, 15) is 4.79 Å². The molecule has 0 saturated carbocycles. The van der Waals surface area contributed by atoms with Crippen LogP contribution in [0.4, 0.5) is 0 Å². The number of benzene rings is 1. The van der Waals surface area contributed by atoms with Gasteiger partial charge in [0, 0.05) is 23.7 Å². The highest BCUT2D eigenvalue weighted by Gasteiger charge is 2.35. The molecule has 1 aliphatic rings. The maximum Gasteiger partial charge on any atom is 0.293 e. The predicted molar refractivity (Wildman–Crippen MR) is 97.5 cm³/mol. The standard InChI is InChI=1S/C20H21N3O4/c1-12-19(13(2)26-21-12)17-5-4-10-23(17)20(24)18-11-16(22-27-18)14-6-8-15(25-3)9-7-14/h6-9,11,17H,4-5,10H2,1-3H3/t17-/m0/s1. The second-order valence-electron chi connectivity index (χ2n) is 6.70. The lowest BCUT2D eigenvalue weighted by Crippen LogP contribution is -2.30. The second kappa shape index (κ2) is 6.90. The molecule has 3 aromatic rings. The number of amides is 1. The maximum absolute atomic E-state index is 13.0. The topological polar surface area (TPSA) is 81.6 Å². The molecule has 2 aromatic heterocycles. The molecular formula is C20H21N3O4. The first-order chi connectivity index (χ1) is 13.1. The third-order valence-corrected chi connectivity index (χ3v) is 5.04. The van der Waals surface area contributed by atoms with Gasteiger partial charge in [0.05, 0.1) is 18.8 Å². The van der Waals surface area contributed by atoms with E-state index in [-0.39, 0.29) is 17.7 Å². The molecule has 0 N–H and O–H groups in total. The number of rotatable bonds is 4. The lowest BCUT2D eigenvalue weighted by atomic mass is 10.0. The Hall–Kier alpha value is -3.09. The van der Waals surface area contributed by atoms with Crippen molar-refractivity contribution in [2.24, 2.45) is 0 Å². The monoisotopic (exact) mass is 367 g/mol. The van der Waals surface area contributed by atoms with Gasteiger partial charge in [-0.15, -0.1) is 0 Å². The lowest BCUT2D eigenvalue weighted by Gasteiger charge is -2.23. The number of aryl methyl sites for hydroxylation is 2. The SMILES string of the molecule is COc1ccc(-c2cc(C(=O)N3CCC[C@H]3c3c(C)noc3C)on2)cc1. The summed E-state index contributed by atoms with van der Waals surface area (Å²) < 4.78 is 15.8. The summed E-state index contributed by atoms with van der Waals surface area (Å²) in [6.07, 6.45) is 1.81. The van der Waals surface area contributed by atoms with Gasteiger partial charge in [-0.05, 0) is 51.0 Å². The zero-order valence-corrected chi connectivity index (χ0v) is 15.6. The number of carbonyl (C=O) groups is 1. The first kappa shape index (κ1) is 17.3. The van der Waals surface area contributed by atoms with Crippen LogP contribution in [0.25, 0.3) is 11.3 Å². The summed E-state index contributed by atoms with van der Waals surface area (Å²) in [6, 6.07) is 9.10. The van der Waals surface area contributed by atoms with Crippen LogP contribution in [0.1, 0.15) is 46.5 Å². The van der Waals surface area contributed by atoms with Crippen LogP contribution in [-0.4, -0.2) is 34.8 Å². The minimum Gasteiger partial charge on any atom is -0.497 e. The van der Waals surface area contributed by atoms with Crippen LogP contribution in [0, 0.1) is 13.8 Å². The number of hydrogen-bond donors (Lipinski definition) is 0. The molecule has 1 atom stereocenters. The molecule has 3 heterocycles. The number of methoxy groups -OCH3 is 1. The highest BCUT2D eigenvalue weighted by atomic mass is 16.5. The number of hydrogen-bond acceptors (Lipinski definition) is 6. The summed E-state index contributed by atoms with van der Waals surface area (Å²) in [5, 5.41) is 8.09. The molecule has 0 bridgehead atoms. The quantitative estimate of drug-likeness (QED) is 0.695. The number of aromatic nitrogens is 2. The fourth-order valence-corrected chi connectivity index (χ4v) is 3.69. The van der Waals surface area contributed by atoms with Crippen molar-refractivity contribution < 1.29 is 18.6 Å². The Balaban J connectivity index is 1.58. The van der Waals surface area contributed by atoms with E-state index >= 15 is 0 Å². The smallest absolute Gasteiger partial charge is 0.293 e. The van der Waals surface area contributed by atoms with Crippen molar-refractivity contribution in [3.8, 4) is 17.0 Å². The fraction of sp³-hybridized carbons (Fsp3) is 0.350. The normalized spacial score (nSPS) is 16.7. The largest absolute Gasteiger partial charge is 0.497 e. The predicted octanol–water partition coefficient (Wildman–Crippen LogP) is 3.93. The number of likely N-dealkylation sites (tertiary alicyclic amines) is 1. The van der Waals surface area contributed by atoms with Crippen LogP contribution in [0.5, 0.6) is 5.75 Å². The molecule has 0 unspecified atom stereocenters. The van der Waals surface area contributed by atoms with E-state index in [0.29, 0.717) is 12.2 Å². The van der Waals surface area contributed by atoms with Gasteiger partial charge in [0.2, 0.25) is 5.76 Å². The van der Waals surface area contributed by atoms with E-state index in [4.69, 9.17) is 13.8 Å². The van der Waals surface area contributed by atoms with Crippen molar-refractivity contribution in [2.45, 2.75) is 32.7 Å². The summed E-state index contributed by atoms with van der Waals surface area (Å²) in [4.78, 5) is 14.9. The van der Waals surface area contributed by atoms with Gasteiger partial charge in [-0.25, -0.2) is 0 Å². The average molecular weight is 367 g/mol. The zero-order chi connectivity index (χ0) is 19.0. The van der Waals surface area contributed by atoms with Crippen molar-refractivity contribution in [3.63, 3.8) is 0 Å². The summed E-state index contributed by atoms with van der Waals surface area (Å²) in [5.74, 6) is 1.59. The third kappa shape index (κ3) is 3.09. The Morgan fingerprint density at radius 3 is 2.63 bits per heavy atom. The van der Waals surface area contributed by atoms with Crippen LogP contribution in [0.3, 0.4) is 0 Å². The lowest BCUT2D eigenvalue weighted by molar-refractivity contribution is 0.0692. The molecule has 4 rings (SSSR count). The molecule has 1 amide bonds. The number of nitrogens with zero attached hydrogens (tertiary/aromatic N) is 3. The van der Waals surface area contributed by atoms with Gasteiger partial charge in [0.1, 0.15) is 17.2 Å². The highest BCUT2D eigenvalue weighted by Crippen LogP contribution is 2.36. The van der Waals surface area contributed by atoms with Gasteiger partial charge < -0.3 is 18.7 Å². The molecule has 1 fully saturated rings. The maximum atomic E-state index is 13.0. The molecule has 1 saturated heterocycles. The minimum atomic E-state index is -0.162. The minimum absolute atomic E-state index is 0.0433. The molecule has 140 valence electrons. The summed E-state index contributed by atoms with van der Waals surface area (Å²) in [5.41, 5.74) is 3.31. The van der Waals surface area contributed by atoms with Crippen LogP contribution < -0.4 is 4.74 Å². The molecule has 0 aliphatic carbocycles. The van der Waals surface area contributed by atoms with Crippen LogP contribution in [0.15, 0.2) is 39.4 Å². The Morgan fingerprint density at radius 1 is 1.19 bits per heavy atom. The van der Waals surface area contributed by atoms with E-state index in [2.05, 4.69) is 10.3 Å². The van der Waals surface area contributed by atoms with Gasteiger partial charge in [-0.1, -0.05) is 10.3 Å². The molecular weight excluding hydrogens is 346 g/mol. The molecule has 1 aliphatic heterocycles. The highest BCUT2D eigenvalue weighted by molar-refractivity contribution is 5.93. The molecule has 7 nitrogen and oxygen atoms in total. The van der Waals surface area contributed by atoms with Gasteiger partial charge >= 0.3 is 0 Å². The third-order valence-electron chi connectivity index (χ3n) is 5.04. The fourth-order valence-electron chi connectivity index (χ4n) is 3.69. The molecule has 27 heavy (non-hydrogen) atoms. The van der Waals surface area contributed by atoms with E-state index in [0.717, 1.165) is 41.2 Å². The van der Waals surface area contributed by atoms with Crippen molar-refractivity contribution in [3.05, 3.63) is 53.1 Å². The number of carbonyl (C=O) groups excluding carboxylic acids is 1. The molecule has 1 aromatic carbocycles. The zero-order valence-electron chi connectivity index (χ0n) is 15.6. The summed E-state index contributed by atoms with van der Waals surface area (Å²) >= 11 is 0. The van der Waals surface area contributed by atoms with Crippen molar-refractivity contribution >= 4 is 5.91 Å². The number of ether oxygens (including phenoxy) is 1. The van der Waals surface area contributed by atoms with Crippen molar-refractivity contribution in [1.82, 2.24) is 15.2 Å². The molecule has 0 spiro atoms. The first-order valence-corrected chi connectivity index (χ1v) is 8.93. The van der Waals surface area contributed by atoms with Gasteiger partial charge in [-0.2, -0.15) is 0 Å². The van der Waals surface area contributed by atoms with Crippen molar-refractivity contribution in [1.29, 1.82) is 0 Å². The van der Waals surface area contributed by atoms with Crippen LogP contribution >= 0.6 is 0 Å². The van der Waals surface area contributed by atoms with E-state index in [1.807, 2.05) is 43.0 Å². The first-order valence-electron chi connectivity index (χ1n) is 8.93. The molecule has 7 heteroatoms. The van der Waals surface area contributed by atoms with E-state index < -0.39 is 0 Å². The van der Waals surface area contributed by atoms with Crippen molar-refractivity contribution in [2.75, 3.05) is 13.7 Å².